The van der Waals surface area contributed by atoms with Gasteiger partial charge in [0.25, 0.3) is 0 Å². The van der Waals surface area contributed by atoms with E-state index in [4.69, 9.17) is 4.74 Å². The third-order valence-electron chi connectivity index (χ3n) is 3.57. The fourth-order valence-electron chi connectivity index (χ4n) is 2.64. The zero-order valence-electron chi connectivity index (χ0n) is 11.9. The summed E-state index contributed by atoms with van der Waals surface area (Å²) >= 11 is 0. The van der Waals surface area contributed by atoms with Crippen LogP contribution in [0.2, 0.25) is 0 Å². The summed E-state index contributed by atoms with van der Waals surface area (Å²) in [4.78, 5) is 14.2. The van der Waals surface area contributed by atoms with Crippen molar-refractivity contribution in [3.8, 4) is 0 Å². The summed E-state index contributed by atoms with van der Waals surface area (Å²) in [6.07, 6.45) is 6.17. The fraction of sp³-hybridized carbons (Fsp3) is 0.929. The van der Waals surface area contributed by atoms with E-state index in [-0.39, 0.29) is 6.09 Å². The molecule has 0 aromatic heterocycles. The van der Waals surface area contributed by atoms with Gasteiger partial charge in [0.15, 0.2) is 0 Å². The second kappa shape index (κ2) is 5.47. The number of hydrogen-bond donors (Lipinski definition) is 1. The van der Waals surface area contributed by atoms with Gasteiger partial charge in [-0.05, 0) is 53.0 Å². The molecule has 1 aliphatic carbocycles. The molecule has 2 fully saturated rings. The van der Waals surface area contributed by atoms with Crippen LogP contribution in [0.5, 0.6) is 0 Å². The van der Waals surface area contributed by atoms with Crippen LogP contribution in [0.1, 0.15) is 52.9 Å². The van der Waals surface area contributed by atoms with Crippen LogP contribution >= 0.6 is 0 Å². The zero-order chi connectivity index (χ0) is 13.2. The highest BCUT2D eigenvalue weighted by Crippen LogP contribution is 2.32. The van der Waals surface area contributed by atoms with Gasteiger partial charge in [0.1, 0.15) is 5.60 Å². The smallest absolute Gasteiger partial charge is 0.407 e. The van der Waals surface area contributed by atoms with Crippen LogP contribution in [0.4, 0.5) is 4.79 Å². The molecule has 1 heterocycles. The lowest BCUT2D eigenvalue weighted by Crippen LogP contribution is -2.48. The average molecular weight is 254 g/mol. The summed E-state index contributed by atoms with van der Waals surface area (Å²) in [5.41, 5.74) is -0.410. The first kappa shape index (κ1) is 13.7. The molecule has 1 saturated heterocycles. The van der Waals surface area contributed by atoms with Crippen molar-refractivity contribution in [2.24, 2.45) is 0 Å². The van der Waals surface area contributed by atoms with Crippen LogP contribution in [-0.4, -0.2) is 41.8 Å². The van der Waals surface area contributed by atoms with E-state index in [9.17, 15) is 4.79 Å². The van der Waals surface area contributed by atoms with Crippen molar-refractivity contribution in [1.82, 2.24) is 10.2 Å². The predicted molar refractivity (Wildman–Crippen MR) is 71.6 cm³/mol. The molecule has 1 atom stereocenters. The maximum absolute atomic E-state index is 11.6. The van der Waals surface area contributed by atoms with Crippen LogP contribution in [0.3, 0.4) is 0 Å². The van der Waals surface area contributed by atoms with Crippen molar-refractivity contribution < 1.29 is 9.53 Å². The number of piperidine rings is 1. The van der Waals surface area contributed by atoms with E-state index in [0.717, 1.165) is 12.6 Å². The Labute approximate surface area is 110 Å². The molecule has 1 saturated carbocycles. The molecule has 18 heavy (non-hydrogen) atoms. The van der Waals surface area contributed by atoms with Gasteiger partial charge in [-0.3, -0.25) is 4.90 Å². The lowest BCUT2D eigenvalue weighted by atomic mass is 10.0. The molecule has 0 bridgehead atoms. The van der Waals surface area contributed by atoms with Gasteiger partial charge in [-0.1, -0.05) is 6.42 Å². The quantitative estimate of drug-likeness (QED) is 0.841. The zero-order valence-corrected chi connectivity index (χ0v) is 11.9. The van der Waals surface area contributed by atoms with Crippen LogP contribution in [0.15, 0.2) is 0 Å². The Morgan fingerprint density at radius 3 is 2.61 bits per heavy atom. The number of likely N-dealkylation sites (tertiary alicyclic amines) is 1. The number of rotatable bonds is 3. The van der Waals surface area contributed by atoms with Crippen LogP contribution in [-0.2, 0) is 4.74 Å². The molecule has 0 aromatic carbocycles. The summed E-state index contributed by atoms with van der Waals surface area (Å²) in [6.45, 7) is 7.60. The second-order valence-corrected chi connectivity index (χ2v) is 6.50. The van der Waals surface area contributed by atoms with Gasteiger partial charge in [0.05, 0.1) is 0 Å². The van der Waals surface area contributed by atoms with Gasteiger partial charge in [-0.25, -0.2) is 4.79 Å². The standard InChI is InChI=1S/C14H26N2O2/c1-14(2,3)18-13(17)15-10-12-6-4-5-9-16(12)11-7-8-11/h11-12H,4-10H2,1-3H3,(H,15,17)/t12-/m0/s1. The molecule has 2 aliphatic rings. The Morgan fingerprint density at radius 2 is 2.00 bits per heavy atom. The third-order valence-corrected chi connectivity index (χ3v) is 3.57. The van der Waals surface area contributed by atoms with Crippen molar-refractivity contribution in [1.29, 1.82) is 0 Å². The van der Waals surface area contributed by atoms with Crippen molar-refractivity contribution in [3.05, 3.63) is 0 Å². The van der Waals surface area contributed by atoms with E-state index >= 15 is 0 Å². The number of amides is 1. The highest BCUT2D eigenvalue weighted by molar-refractivity contribution is 5.67. The SMILES string of the molecule is CC(C)(C)OC(=O)NC[C@@H]1CCCCN1C1CC1. The first-order valence-corrected chi connectivity index (χ1v) is 7.18. The first-order chi connectivity index (χ1) is 8.46. The molecule has 4 nitrogen and oxygen atoms in total. The summed E-state index contributed by atoms with van der Waals surface area (Å²) < 4.78 is 5.27. The molecule has 2 rings (SSSR count). The van der Waals surface area contributed by atoms with E-state index in [1.165, 1.54) is 38.6 Å². The largest absolute Gasteiger partial charge is 0.444 e. The Morgan fingerprint density at radius 1 is 1.28 bits per heavy atom. The van der Waals surface area contributed by atoms with Gasteiger partial charge in [-0.15, -0.1) is 0 Å². The molecular weight excluding hydrogens is 228 g/mol. The van der Waals surface area contributed by atoms with Crippen LogP contribution in [0.25, 0.3) is 0 Å². The Kier molecular flexibility index (Phi) is 4.15. The Balaban J connectivity index is 1.75. The molecule has 0 aromatic rings. The van der Waals surface area contributed by atoms with Crippen molar-refractivity contribution in [2.45, 2.75) is 70.6 Å². The van der Waals surface area contributed by atoms with Crippen molar-refractivity contribution in [3.63, 3.8) is 0 Å². The molecule has 1 amide bonds. The van der Waals surface area contributed by atoms with Gasteiger partial charge < -0.3 is 10.1 Å². The maximum Gasteiger partial charge on any atom is 0.407 e. The monoisotopic (exact) mass is 254 g/mol. The molecule has 4 heteroatoms. The molecule has 0 radical (unpaired) electrons. The van der Waals surface area contributed by atoms with E-state index < -0.39 is 5.60 Å². The Hall–Kier alpha value is -0.770. The average Bonchev–Trinajstić information content (AvgIpc) is 3.08. The summed E-state index contributed by atoms with van der Waals surface area (Å²) in [7, 11) is 0. The third kappa shape index (κ3) is 4.16. The van der Waals surface area contributed by atoms with Crippen LogP contribution in [0, 0.1) is 0 Å². The molecule has 0 spiro atoms. The van der Waals surface area contributed by atoms with E-state index in [1.54, 1.807) is 0 Å². The maximum atomic E-state index is 11.6. The van der Waals surface area contributed by atoms with Gasteiger partial charge >= 0.3 is 6.09 Å². The highest BCUT2D eigenvalue weighted by atomic mass is 16.6. The number of alkyl carbamates (subject to hydrolysis) is 1. The summed E-state index contributed by atoms with van der Waals surface area (Å²) in [6, 6.07) is 1.30. The first-order valence-electron chi connectivity index (χ1n) is 7.18. The highest BCUT2D eigenvalue weighted by Gasteiger charge is 2.35. The molecule has 1 aliphatic heterocycles. The molecular formula is C14H26N2O2. The number of carbonyl (C=O) groups excluding carboxylic acids is 1. The predicted octanol–water partition coefficient (Wildman–Crippen LogP) is 2.53. The summed E-state index contributed by atoms with van der Waals surface area (Å²) in [5, 5.41) is 2.92. The fourth-order valence-corrected chi connectivity index (χ4v) is 2.64. The lowest BCUT2D eigenvalue weighted by Gasteiger charge is -2.36. The van der Waals surface area contributed by atoms with E-state index in [2.05, 4.69) is 10.2 Å². The second-order valence-electron chi connectivity index (χ2n) is 6.50. The molecule has 0 unspecified atom stereocenters. The minimum Gasteiger partial charge on any atom is -0.444 e. The van der Waals surface area contributed by atoms with Crippen molar-refractivity contribution >= 4 is 6.09 Å². The molecule has 1 N–H and O–H groups in total. The van der Waals surface area contributed by atoms with Gasteiger partial charge in [-0.2, -0.15) is 0 Å². The van der Waals surface area contributed by atoms with Crippen LogP contribution < -0.4 is 5.32 Å². The van der Waals surface area contributed by atoms with E-state index in [0.29, 0.717) is 6.04 Å². The normalized spacial score (nSPS) is 25.8. The van der Waals surface area contributed by atoms with Crippen molar-refractivity contribution in [2.75, 3.05) is 13.1 Å². The number of ether oxygens (including phenoxy) is 1. The number of nitrogens with zero attached hydrogens (tertiary/aromatic N) is 1. The molecule has 104 valence electrons. The Bertz CT molecular complexity index is 295. The lowest BCUT2D eigenvalue weighted by molar-refractivity contribution is 0.0491. The van der Waals surface area contributed by atoms with Gasteiger partial charge in [0, 0.05) is 18.6 Å². The number of hydrogen-bond acceptors (Lipinski definition) is 3. The minimum absolute atomic E-state index is 0.288. The topological polar surface area (TPSA) is 41.6 Å². The number of carbonyl (C=O) groups is 1. The van der Waals surface area contributed by atoms with Gasteiger partial charge in [0.2, 0.25) is 0 Å². The number of nitrogens with one attached hydrogen (secondary N) is 1. The summed E-state index contributed by atoms with van der Waals surface area (Å²) in [5.74, 6) is 0. The minimum atomic E-state index is -0.410. The van der Waals surface area contributed by atoms with E-state index in [1.807, 2.05) is 20.8 Å².